The largest absolute Gasteiger partial charge is 0.381 e. The van der Waals surface area contributed by atoms with Crippen molar-refractivity contribution in [1.29, 1.82) is 0 Å². The van der Waals surface area contributed by atoms with Gasteiger partial charge in [0.15, 0.2) is 0 Å². The molecule has 1 aliphatic carbocycles. The van der Waals surface area contributed by atoms with Gasteiger partial charge in [-0.1, -0.05) is 0 Å². The van der Waals surface area contributed by atoms with Gasteiger partial charge in [-0.3, -0.25) is 4.79 Å². The summed E-state index contributed by atoms with van der Waals surface area (Å²) in [6.07, 6.45) is 2.95. The summed E-state index contributed by atoms with van der Waals surface area (Å²) in [5.41, 5.74) is 1.81. The van der Waals surface area contributed by atoms with Gasteiger partial charge >= 0.3 is 0 Å². The molecule has 0 aliphatic heterocycles. The van der Waals surface area contributed by atoms with E-state index in [-0.39, 0.29) is 12.0 Å². The summed E-state index contributed by atoms with van der Waals surface area (Å²) in [6, 6.07) is 5.79. The van der Waals surface area contributed by atoms with Crippen LogP contribution in [0.15, 0.2) is 23.6 Å². The smallest absolute Gasteiger partial charge is 0.224 e. The molecular weight excluding hydrogens is 260 g/mol. The molecule has 5 heteroatoms. The van der Waals surface area contributed by atoms with Gasteiger partial charge in [0.1, 0.15) is 0 Å². The normalized spacial score (nSPS) is 22.2. The molecule has 2 atom stereocenters. The zero-order valence-corrected chi connectivity index (χ0v) is 11.6. The zero-order chi connectivity index (χ0) is 13.2. The van der Waals surface area contributed by atoms with Gasteiger partial charge in [-0.15, -0.1) is 0 Å². The fourth-order valence-corrected chi connectivity index (χ4v) is 3.12. The lowest BCUT2D eigenvalue weighted by Crippen LogP contribution is -2.35. The molecule has 0 spiro atoms. The molecule has 1 N–H and O–H groups in total. The Morgan fingerprint density at radius 1 is 1.53 bits per heavy atom. The molecule has 100 valence electrons. The van der Waals surface area contributed by atoms with E-state index in [0.29, 0.717) is 12.3 Å². The molecule has 1 saturated carbocycles. The molecule has 1 amide bonds. The van der Waals surface area contributed by atoms with Crippen LogP contribution < -0.4 is 5.32 Å². The first kappa shape index (κ1) is 12.6. The van der Waals surface area contributed by atoms with E-state index in [2.05, 4.69) is 9.69 Å². The predicted octanol–water partition coefficient (Wildman–Crippen LogP) is 3.05. The van der Waals surface area contributed by atoms with Gasteiger partial charge in [-0.05, 0) is 48.5 Å². The maximum atomic E-state index is 12.0. The summed E-state index contributed by atoms with van der Waals surface area (Å²) in [4.78, 5) is 12.0. The Morgan fingerprint density at radius 2 is 2.42 bits per heavy atom. The fraction of sp³-hybridized carbons (Fsp3) is 0.429. The number of amides is 1. The monoisotopic (exact) mass is 276 g/mol. The van der Waals surface area contributed by atoms with Crippen molar-refractivity contribution in [1.82, 2.24) is 4.37 Å². The number of rotatable bonds is 4. The number of methoxy groups -OCH3 is 1. The molecule has 1 heterocycles. The lowest BCUT2D eigenvalue weighted by atomic mass is 9.79. The Balaban J connectivity index is 1.62. The van der Waals surface area contributed by atoms with E-state index >= 15 is 0 Å². The molecule has 19 heavy (non-hydrogen) atoms. The van der Waals surface area contributed by atoms with Crippen LogP contribution in [0.4, 0.5) is 5.69 Å². The average Bonchev–Trinajstić information content (AvgIpc) is 2.82. The zero-order valence-electron chi connectivity index (χ0n) is 10.8. The Bertz CT molecular complexity index is 594. The second-order valence-corrected chi connectivity index (χ2v) is 5.58. The Morgan fingerprint density at radius 3 is 3.16 bits per heavy atom. The molecule has 4 nitrogen and oxygen atoms in total. The molecule has 1 aliphatic rings. The van der Waals surface area contributed by atoms with Crippen molar-refractivity contribution in [3.05, 3.63) is 23.6 Å². The first-order chi connectivity index (χ1) is 9.26. The average molecular weight is 276 g/mol. The van der Waals surface area contributed by atoms with E-state index in [1.807, 2.05) is 23.6 Å². The van der Waals surface area contributed by atoms with Gasteiger partial charge < -0.3 is 10.1 Å². The van der Waals surface area contributed by atoms with Crippen molar-refractivity contribution in [2.45, 2.75) is 25.4 Å². The third-order valence-electron chi connectivity index (χ3n) is 3.74. The van der Waals surface area contributed by atoms with Gasteiger partial charge in [0.2, 0.25) is 5.91 Å². The fourth-order valence-electron chi connectivity index (χ4n) is 2.48. The van der Waals surface area contributed by atoms with E-state index in [1.165, 1.54) is 11.5 Å². The number of anilines is 1. The molecule has 1 aromatic carbocycles. The van der Waals surface area contributed by atoms with Crippen molar-refractivity contribution in [3.8, 4) is 0 Å². The van der Waals surface area contributed by atoms with Crippen LogP contribution in [0.25, 0.3) is 10.9 Å². The SMILES string of the molecule is COC1CCC1CC(=O)Nc1ccc2nscc2c1. The highest BCUT2D eigenvalue weighted by Gasteiger charge is 2.32. The van der Waals surface area contributed by atoms with Crippen LogP contribution in [0.1, 0.15) is 19.3 Å². The van der Waals surface area contributed by atoms with Crippen LogP contribution in [0.3, 0.4) is 0 Å². The molecule has 1 aromatic heterocycles. The first-order valence-corrected chi connectivity index (χ1v) is 7.26. The molecule has 3 rings (SSSR count). The lowest BCUT2D eigenvalue weighted by molar-refractivity contribution is -0.120. The van der Waals surface area contributed by atoms with Crippen LogP contribution in [-0.2, 0) is 9.53 Å². The summed E-state index contributed by atoms with van der Waals surface area (Å²) >= 11 is 1.43. The number of fused-ring (bicyclic) bond motifs is 1. The third-order valence-corrected chi connectivity index (χ3v) is 4.40. The molecule has 0 bridgehead atoms. The van der Waals surface area contributed by atoms with E-state index in [4.69, 9.17) is 4.74 Å². The van der Waals surface area contributed by atoms with Crippen LogP contribution >= 0.6 is 11.5 Å². The number of benzene rings is 1. The highest BCUT2D eigenvalue weighted by Crippen LogP contribution is 2.32. The maximum Gasteiger partial charge on any atom is 0.224 e. The summed E-state index contributed by atoms with van der Waals surface area (Å²) in [7, 11) is 1.71. The quantitative estimate of drug-likeness (QED) is 0.933. The Hall–Kier alpha value is -1.46. The minimum Gasteiger partial charge on any atom is -0.381 e. The number of nitrogens with zero attached hydrogens (tertiary/aromatic N) is 1. The van der Waals surface area contributed by atoms with Crippen molar-refractivity contribution >= 4 is 34.0 Å². The number of hydrogen-bond donors (Lipinski definition) is 1. The number of nitrogens with one attached hydrogen (secondary N) is 1. The maximum absolute atomic E-state index is 12.0. The van der Waals surface area contributed by atoms with E-state index in [9.17, 15) is 4.79 Å². The van der Waals surface area contributed by atoms with Crippen LogP contribution in [0.2, 0.25) is 0 Å². The van der Waals surface area contributed by atoms with Gasteiger partial charge in [0, 0.05) is 30.0 Å². The molecule has 2 aromatic rings. The van der Waals surface area contributed by atoms with Crippen LogP contribution in [0, 0.1) is 5.92 Å². The Kier molecular flexibility index (Phi) is 3.48. The van der Waals surface area contributed by atoms with Crippen LogP contribution in [0.5, 0.6) is 0 Å². The minimum atomic E-state index is 0.0642. The number of carbonyl (C=O) groups excluding carboxylic acids is 1. The summed E-state index contributed by atoms with van der Waals surface area (Å²) in [5, 5.41) is 6.00. The minimum absolute atomic E-state index is 0.0642. The molecule has 1 fully saturated rings. The van der Waals surface area contributed by atoms with Crippen molar-refractivity contribution in [2.24, 2.45) is 5.92 Å². The second kappa shape index (κ2) is 5.27. The van der Waals surface area contributed by atoms with E-state index in [0.717, 1.165) is 29.4 Å². The van der Waals surface area contributed by atoms with Gasteiger partial charge in [0.25, 0.3) is 0 Å². The van der Waals surface area contributed by atoms with Gasteiger partial charge in [-0.2, -0.15) is 4.37 Å². The molecule has 2 unspecified atom stereocenters. The van der Waals surface area contributed by atoms with Crippen molar-refractivity contribution in [3.63, 3.8) is 0 Å². The first-order valence-electron chi connectivity index (χ1n) is 6.43. The van der Waals surface area contributed by atoms with E-state index in [1.54, 1.807) is 7.11 Å². The molecule has 0 radical (unpaired) electrons. The molecule has 0 saturated heterocycles. The summed E-state index contributed by atoms with van der Waals surface area (Å²) in [5.74, 6) is 0.436. The lowest BCUT2D eigenvalue weighted by Gasteiger charge is -2.34. The summed E-state index contributed by atoms with van der Waals surface area (Å²) < 4.78 is 9.55. The van der Waals surface area contributed by atoms with Crippen molar-refractivity contribution < 1.29 is 9.53 Å². The highest BCUT2D eigenvalue weighted by molar-refractivity contribution is 7.04. The van der Waals surface area contributed by atoms with Gasteiger partial charge in [-0.25, -0.2) is 0 Å². The topological polar surface area (TPSA) is 51.2 Å². The second-order valence-electron chi connectivity index (χ2n) is 4.95. The third kappa shape index (κ3) is 2.62. The number of hydrogen-bond acceptors (Lipinski definition) is 4. The number of ether oxygens (including phenoxy) is 1. The highest BCUT2D eigenvalue weighted by atomic mass is 32.1. The predicted molar refractivity (Wildman–Crippen MR) is 76.4 cm³/mol. The number of carbonyl (C=O) groups is 1. The molecular formula is C14H16N2O2S. The van der Waals surface area contributed by atoms with E-state index < -0.39 is 0 Å². The Labute approximate surface area is 115 Å². The van der Waals surface area contributed by atoms with Gasteiger partial charge in [0.05, 0.1) is 11.6 Å². The summed E-state index contributed by atoms with van der Waals surface area (Å²) in [6.45, 7) is 0. The van der Waals surface area contributed by atoms with Crippen molar-refractivity contribution in [2.75, 3.05) is 12.4 Å². The van der Waals surface area contributed by atoms with Crippen LogP contribution in [-0.4, -0.2) is 23.5 Å². The number of aromatic nitrogens is 1. The standard InChI is InChI=1S/C14H16N2O2S/c1-18-13-5-2-9(13)7-14(17)15-11-3-4-12-10(6-11)8-19-16-12/h3-4,6,8-9,13H,2,5,7H2,1H3,(H,15,17).